The molecular formula is C25H41N3O2. The normalized spacial score (nSPS) is 14.1. The van der Waals surface area contributed by atoms with Gasteiger partial charge in [-0.15, -0.1) is 0 Å². The highest BCUT2D eigenvalue weighted by Gasteiger charge is 2.20. The summed E-state index contributed by atoms with van der Waals surface area (Å²) in [5.74, 6) is 0.406. The quantitative estimate of drug-likeness (QED) is 0.426. The second-order valence-corrected chi connectivity index (χ2v) is 8.44. The number of unbranched alkanes of at least 4 members (excludes halogenated alkanes) is 7. The van der Waals surface area contributed by atoms with Gasteiger partial charge in [0.1, 0.15) is 0 Å². The summed E-state index contributed by atoms with van der Waals surface area (Å²) in [7, 11) is 0. The Balaban J connectivity index is 1.69. The maximum absolute atomic E-state index is 12.4. The van der Waals surface area contributed by atoms with Crippen molar-refractivity contribution in [2.45, 2.75) is 84.5 Å². The molecule has 1 saturated heterocycles. The number of amides is 2. The molecule has 1 fully saturated rings. The molecule has 0 bridgehead atoms. The highest BCUT2D eigenvalue weighted by Crippen LogP contribution is 2.20. The molecule has 0 saturated carbocycles. The van der Waals surface area contributed by atoms with Crippen molar-refractivity contribution in [1.82, 2.24) is 4.90 Å². The van der Waals surface area contributed by atoms with Gasteiger partial charge in [-0.05, 0) is 37.1 Å². The maximum Gasteiger partial charge on any atom is 0.224 e. The highest BCUT2D eigenvalue weighted by molar-refractivity contribution is 5.90. The first kappa shape index (κ1) is 24.2. The second-order valence-electron chi connectivity index (χ2n) is 8.44. The average Bonchev–Trinajstić information content (AvgIpc) is 2.77. The zero-order valence-corrected chi connectivity index (χ0v) is 19.1. The molecule has 5 heteroatoms. The van der Waals surface area contributed by atoms with Gasteiger partial charge in [-0.25, -0.2) is 0 Å². The Kier molecular flexibility index (Phi) is 11.3. The summed E-state index contributed by atoms with van der Waals surface area (Å²) in [5.41, 5.74) is 2.01. The minimum atomic E-state index is 0.0978. The molecule has 1 N–H and O–H groups in total. The van der Waals surface area contributed by atoms with Crippen LogP contribution < -0.4 is 10.2 Å². The van der Waals surface area contributed by atoms with Crippen LogP contribution >= 0.6 is 0 Å². The number of anilines is 2. The van der Waals surface area contributed by atoms with Crippen LogP contribution in [0, 0.1) is 0 Å². The van der Waals surface area contributed by atoms with Crippen molar-refractivity contribution in [3.63, 3.8) is 0 Å². The SMILES string of the molecule is CCCCCCCC(=O)N1CCN(c2ccc(NC(=O)CCCCCC)cc2)CC1. The molecule has 0 radical (unpaired) electrons. The van der Waals surface area contributed by atoms with E-state index in [0.717, 1.165) is 56.8 Å². The van der Waals surface area contributed by atoms with Gasteiger partial charge in [0.2, 0.25) is 11.8 Å². The number of benzene rings is 1. The van der Waals surface area contributed by atoms with Crippen molar-refractivity contribution in [1.29, 1.82) is 0 Å². The number of hydrogen-bond acceptors (Lipinski definition) is 3. The molecule has 168 valence electrons. The Morgan fingerprint density at radius 1 is 0.767 bits per heavy atom. The summed E-state index contributed by atoms with van der Waals surface area (Å²) >= 11 is 0. The van der Waals surface area contributed by atoms with Gasteiger partial charge in [0.15, 0.2) is 0 Å². The minimum absolute atomic E-state index is 0.0978. The van der Waals surface area contributed by atoms with Gasteiger partial charge in [0, 0.05) is 50.4 Å². The lowest BCUT2D eigenvalue weighted by Crippen LogP contribution is -2.48. The maximum atomic E-state index is 12.4. The molecule has 1 heterocycles. The standard InChI is InChI=1S/C25H41N3O2/c1-3-5-7-9-11-13-25(30)28-20-18-27(19-21-28)23-16-14-22(15-17-23)26-24(29)12-10-8-6-4-2/h14-17H,3-13,18-21H2,1-2H3,(H,26,29). The van der Waals surface area contributed by atoms with Crippen LogP contribution in [0.15, 0.2) is 24.3 Å². The van der Waals surface area contributed by atoms with E-state index in [0.29, 0.717) is 18.7 Å². The average molecular weight is 416 g/mol. The van der Waals surface area contributed by atoms with Crippen LogP contribution in [0.25, 0.3) is 0 Å². The van der Waals surface area contributed by atoms with Crippen LogP contribution in [0.2, 0.25) is 0 Å². The second kappa shape index (κ2) is 14.1. The molecule has 2 amide bonds. The Morgan fingerprint density at radius 3 is 1.97 bits per heavy atom. The first-order valence-corrected chi connectivity index (χ1v) is 12.1. The monoisotopic (exact) mass is 415 g/mol. The molecule has 1 aromatic rings. The zero-order chi connectivity index (χ0) is 21.6. The van der Waals surface area contributed by atoms with Crippen LogP contribution in [0.1, 0.15) is 84.5 Å². The first-order valence-electron chi connectivity index (χ1n) is 12.1. The Bertz CT molecular complexity index is 622. The number of hydrogen-bond donors (Lipinski definition) is 1. The molecule has 1 aromatic carbocycles. The fraction of sp³-hybridized carbons (Fsp3) is 0.680. The van der Waals surface area contributed by atoms with E-state index < -0.39 is 0 Å². The van der Waals surface area contributed by atoms with E-state index in [4.69, 9.17) is 0 Å². The fourth-order valence-corrected chi connectivity index (χ4v) is 3.94. The lowest BCUT2D eigenvalue weighted by Gasteiger charge is -2.36. The van der Waals surface area contributed by atoms with Crippen LogP contribution in [0.4, 0.5) is 11.4 Å². The summed E-state index contributed by atoms with van der Waals surface area (Å²) in [5, 5.41) is 2.99. The van der Waals surface area contributed by atoms with E-state index in [1.165, 1.54) is 38.5 Å². The van der Waals surface area contributed by atoms with Crippen LogP contribution in [-0.4, -0.2) is 42.9 Å². The van der Waals surface area contributed by atoms with E-state index in [1.54, 1.807) is 0 Å². The molecule has 0 unspecified atom stereocenters. The number of rotatable bonds is 13. The van der Waals surface area contributed by atoms with E-state index in [-0.39, 0.29) is 5.91 Å². The summed E-state index contributed by atoms with van der Waals surface area (Å²) in [6.45, 7) is 7.71. The highest BCUT2D eigenvalue weighted by atomic mass is 16.2. The Labute approximate surface area is 183 Å². The summed E-state index contributed by atoms with van der Waals surface area (Å²) in [4.78, 5) is 28.8. The van der Waals surface area contributed by atoms with E-state index in [1.807, 2.05) is 17.0 Å². The smallest absolute Gasteiger partial charge is 0.224 e. The van der Waals surface area contributed by atoms with Gasteiger partial charge in [-0.3, -0.25) is 9.59 Å². The number of nitrogens with zero attached hydrogens (tertiary/aromatic N) is 2. The van der Waals surface area contributed by atoms with Gasteiger partial charge >= 0.3 is 0 Å². The third kappa shape index (κ3) is 8.76. The molecular weight excluding hydrogens is 374 g/mol. The summed E-state index contributed by atoms with van der Waals surface area (Å²) in [6.07, 6.45) is 11.7. The topological polar surface area (TPSA) is 52.7 Å². The molecule has 5 nitrogen and oxygen atoms in total. The zero-order valence-electron chi connectivity index (χ0n) is 19.1. The fourth-order valence-electron chi connectivity index (χ4n) is 3.94. The molecule has 0 aliphatic carbocycles. The van der Waals surface area contributed by atoms with E-state index >= 15 is 0 Å². The van der Waals surface area contributed by atoms with Crippen molar-refractivity contribution < 1.29 is 9.59 Å². The molecule has 1 aliphatic rings. The molecule has 2 rings (SSSR count). The van der Waals surface area contributed by atoms with Crippen LogP contribution in [0.3, 0.4) is 0 Å². The van der Waals surface area contributed by atoms with Crippen molar-refractivity contribution in [3.05, 3.63) is 24.3 Å². The molecule has 1 aliphatic heterocycles. The predicted molar refractivity (Wildman–Crippen MR) is 126 cm³/mol. The van der Waals surface area contributed by atoms with Crippen LogP contribution in [-0.2, 0) is 9.59 Å². The lowest BCUT2D eigenvalue weighted by atomic mass is 10.1. The van der Waals surface area contributed by atoms with Gasteiger partial charge in [-0.1, -0.05) is 58.8 Å². The molecule has 0 spiro atoms. The molecule has 0 atom stereocenters. The molecule has 0 aromatic heterocycles. The van der Waals surface area contributed by atoms with E-state index in [2.05, 4.69) is 36.2 Å². The van der Waals surface area contributed by atoms with Crippen molar-refractivity contribution >= 4 is 23.2 Å². The number of piperazine rings is 1. The molecule has 30 heavy (non-hydrogen) atoms. The summed E-state index contributed by atoms with van der Waals surface area (Å²) < 4.78 is 0. The van der Waals surface area contributed by atoms with Crippen molar-refractivity contribution in [3.8, 4) is 0 Å². The van der Waals surface area contributed by atoms with Crippen molar-refractivity contribution in [2.24, 2.45) is 0 Å². The van der Waals surface area contributed by atoms with E-state index in [9.17, 15) is 9.59 Å². The van der Waals surface area contributed by atoms with Gasteiger partial charge in [-0.2, -0.15) is 0 Å². The van der Waals surface area contributed by atoms with Crippen molar-refractivity contribution in [2.75, 3.05) is 36.4 Å². The summed E-state index contributed by atoms with van der Waals surface area (Å²) in [6, 6.07) is 8.09. The van der Waals surface area contributed by atoms with Gasteiger partial charge in [0.25, 0.3) is 0 Å². The Morgan fingerprint density at radius 2 is 1.33 bits per heavy atom. The van der Waals surface area contributed by atoms with Gasteiger partial charge < -0.3 is 15.1 Å². The predicted octanol–water partition coefficient (Wildman–Crippen LogP) is 5.60. The Hall–Kier alpha value is -2.04. The number of carbonyl (C=O) groups is 2. The third-order valence-electron chi connectivity index (χ3n) is 5.90. The number of nitrogens with one attached hydrogen (secondary N) is 1. The minimum Gasteiger partial charge on any atom is -0.368 e. The van der Waals surface area contributed by atoms with Gasteiger partial charge in [0.05, 0.1) is 0 Å². The third-order valence-corrected chi connectivity index (χ3v) is 5.90. The number of carbonyl (C=O) groups excluding carboxylic acids is 2. The largest absolute Gasteiger partial charge is 0.368 e. The van der Waals surface area contributed by atoms with Crippen LogP contribution in [0.5, 0.6) is 0 Å². The first-order chi connectivity index (χ1) is 14.6. The lowest BCUT2D eigenvalue weighted by molar-refractivity contribution is -0.131.